The number of aliphatic hydroxyl groups is 1. The van der Waals surface area contributed by atoms with Crippen LogP contribution >= 0.6 is 23.2 Å². The SMILES string of the molecule is N#CCn1ccc(-c2ccc([C@@H](O)[C@@H](CF)NC(=O)C(Cl)Cl)cc2)cc1=O. The second-order valence-electron chi connectivity index (χ2n) is 5.68. The third-order valence-electron chi connectivity index (χ3n) is 3.90. The van der Waals surface area contributed by atoms with Crippen molar-refractivity contribution in [3.8, 4) is 17.2 Å². The Kier molecular flexibility index (Phi) is 7.36. The number of nitriles is 1. The average molecular weight is 412 g/mol. The molecule has 0 saturated carbocycles. The molecule has 1 heterocycles. The number of pyridine rings is 1. The first kappa shape index (κ1) is 20.9. The molecule has 142 valence electrons. The Labute approximate surface area is 164 Å². The lowest BCUT2D eigenvalue weighted by molar-refractivity contribution is -0.121. The normalized spacial score (nSPS) is 13.0. The predicted molar refractivity (Wildman–Crippen MR) is 100 cm³/mol. The number of nitrogens with one attached hydrogen (secondary N) is 1. The summed E-state index contributed by atoms with van der Waals surface area (Å²) in [7, 11) is 0. The number of nitrogens with zero attached hydrogens (tertiary/aromatic N) is 2. The highest BCUT2D eigenvalue weighted by Crippen LogP contribution is 2.23. The van der Waals surface area contributed by atoms with E-state index in [0.29, 0.717) is 16.7 Å². The Morgan fingerprint density at radius 3 is 2.44 bits per heavy atom. The van der Waals surface area contributed by atoms with Gasteiger partial charge in [-0.05, 0) is 22.8 Å². The molecule has 1 amide bonds. The van der Waals surface area contributed by atoms with Gasteiger partial charge in [-0.15, -0.1) is 0 Å². The van der Waals surface area contributed by atoms with Crippen LogP contribution in [0.3, 0.4) is 0 Å². The van der Waals surface area contributed by atoms with E-state index < -0.39 is 29.6 Å². The van der Waals surface area contributed by atoms with Crippen LogP contribution in [-0.4, -0.2) is 33.1 Å². The van der Waals surface area contributed by atoms with Gasteiger partial charge in [-0.2, -0.15) is 5.26 Å². The molecule has 0 aliphatic heterocycles. The van der Waals surface area contributed by atoms with Crippen molar-refractivity contribution in [2.75, 3.05) is 6.67 Å². The zero-order chi connectivity index (χ0) is 20.0. The topological polar surface area (TPSA) is 95.1 Å². The first-order valence-electron chi connectivity index (χ1n) is 7.87. The number of carbonyl (C=O) groups is 1. The summed E-state index contributed by atoms with van der Waals surface area (Å²) >= 11 is 10.8. The number of benzene rings is 1. The molecule has 1 aromatic heterocycles. The Hall–Kier alpha value is -2.40. The largest absolute Gasteiger partial charge is 0.386 e. The molecule has 1 aromatic carbocycles. The summed E-state index contributed by atoms with van der Waals surface area (Å²) < 4.78 is 14.5. The lowest BCUT2D eigenvalue weighted by Gasteiger charge is -2.22. The molecular formula is C18H16Cl2FN3O3. The molecule has 0 aliphatic rings. The lowest BCUT2D eigenvalue weighted by atomic mass is 9.99. The number of hydrogen-bond acceptors (Lipinski definition) is 4. The van der Waals surface area contributed by atoms with E-state index >= 15 is 0 Å². The van der Waals surface area contributed by atoms with Crippen molar-refractivity contribution in [3.63, 3.8) is 0 Å². The van der Waals surface area contributed by atoms with Gasteiger partial charge in [-0.1, -0.05) is 47.5 Å². The molecule has 0 aliphatic carbocycles. The second-order valence-corrected chi connectivity index (χ2v) is 6.77. The van der Waals surface area contributed by atoms with Crippen molar-refractivity contribution >= 4 is 29.1 Å². The molecule has 0 radical (unpaired) electrons. The molecule has 2 atom stereocenters. The van der Waals surface area contributed by atoms with Gasteiger partial charge in [-0.25, -0.2) is 4.39 Å². The van der Waals surface area contributed by atoms with Crippen LogP contribution in [0.25, 0.3) is 11.1 Å². The summed E-state index contributed by atoms with van der Waals surface area (Å²) in [4.78, 5) is 22.1. The number of hydrogen-bond donors (Lipinski definition) is 2. The van der Waals surface area contributed by atoms with E-state index in [4.69, 9.17) is 28.5 Å². The highest BCUT2D eigenvalue weighted by molar-refractivity contribution is 6.53. The number of rotatable bonds is 7. The highest BCUT2D eigenvalue weighted by atomic mass is 35.5. The lowest BCUT2D eigenvalue weighted by Crippen LogP contribution is -2.43. The van der Waals surface area contributed by atoms with Gasteiger partial charge >= 0.3 is 0 Å². The monoisotopic (exact) mass is 411 g/mol. The summed E-state index contributed by atoms with van der Waals surface area (Å²) in [5.74, 6) is -0.797. The first-order chi connectivity index (χ1) is 12.9. The molecule has 0 bridgehead atoms. The Balaban J connectivity index is 2.18. The van der Waals surface area contributed by atoms with E-state index in [1.165, 1.54) is 16.8 Å². The van der Waals surface area contributed by atoms with Gasteiger partial charge < -0.3 is 15.0 Å². The zero-order valence-electron chi connectivity index (χ0n) is 14.0. The van der Waals surface area contributed by atoms with Crippen molar-refractivity contribution in [1.82, 2.24) is 9.88 Å². The predicted octanol–water partition coefficient (Wildman–Crippen LogP) is 2.33. The Morgan fingerprint density at radius 1 is 1.26 bits per heavy atom. The summed E-state index contributed by atoms with van der Waals surface area (Å²) in [5, 5.41) is 21.2. The van der Waals surface area contributed by atoms with E-state index in [9.17, 15) is 19.1 Å². The molecule has 0 unspecified atom stereocenters. The van der Waals surface area contributed by atoms with Gasteiger partial charge in [0.15, 0.2) is 4.84 Å². The third-order valence-corrected chi connectivity index (χ3v) is 4.29. The summed E-state index contributed by atoms with van der Waals surface area (Å²) in [6.45, 7) is -1.04. The van der Waals surface area contributed by atoms with Crippen LogP contribution in [0, 0.1) is 11.3 Å². The van der Waals surface area contributed by atoms with E-state index in [1.54, 1.807) is 30.3 Å². The standard InChI is InChI=1S/C18H16Cl2FN3O3/c19-17(20)18(27)23-14(10-21)16(26)12-3-1-11(2-4-12)13-5-7-24(8-6-22)15(25)9-13/h1-5,7,9,14,16-17,26H,8,10H2,(H,23,27)/t14-,16-/m1/s1. The third kappa shape index (κ3) is 5.30. The second kappa shape index (κ2) is 9.51. The first-order valence-corrected chi connectivity index (χ1v) is 8.75. The number of carbonyl (C=O) groups excluding carboxylic acids is 1. The molecule has 2 aromatic rings. The smallest absolute Gasteiger partial charge is 0.253 e. The molecule has 2 rings (SSSR count). The van der Waals surface area contributed by atoms with Gasteiger partial charge in [0.2, 0.25) is 0 Å². The minimum absolute atomic E-state index is 0.0357. The number of aliphatic hydroxyl groups excluding tert-OH is 1. The van der Waals surface area contributed by atoms with E-state index in [2.05, 4.69) is 5.32 Å². The number of amides is 1. The van der Waals surface area contributed by atoms with E-state index in [0.717, 1.165) is 0 Å². The van der Waals surface area contributed by atoms with Gasteiger partial charge in [-0.3, -0.25) is 9.59 Å². The van der Waals surface area contributed by atoms with Crippen molar-refractivity contribution < 1.29 is 14.3 Å². The van der Waals surface area contributed by atoms with Crippen molar-refractivity contribution in [3.05, 3.63) is 58.5 Å². The Bertz CT molecular complexity index is 894. The van der Waals surface area contributed by atoms with Gasteiger partial charge in [0.05, 0.1) is 12.1 Å². The van der Waals surface area contributed by atoms with Crippen LogP contribution in [0.4, 0.5) is 4.39 Å². The average Bonchev–Trinajstić information content (AvgIpc) is 2.67. The number of alkyl halides is 3. The zero-order valence-corrected chi connectivity index (χ0v) is 15.5. The fourth-order valence-corrected chi connectivity index (χ4v) is 2.57. The van der Waals surface area contributed by atoms with E-state index in [-0.39, 0.29) is 12.1 Å². The molecule has 0 spiro atoms. The van der Waals surface area contributed by atoms with Crippen LogP contribution in [-0.2, 0) is 11.3 Å². The summed E-state index contributed by atoms with van der Waals surface area (Å²) in [5.41, 5.74) is 1.41. The van der Waals surface area contributed by atoms with Gasteiger partial charge in [0.1, 0.15) is 19.3 Å². The fourth-order valence-electron chi connectivity index (χ4n) is 2.45. The quantitative estimate of drug-likeness (QED) is 0.683. The minimum Gasteiger partial charge on any atom is -0.386 e. The molecule has 9 heteroatoms. The molecule has 6 nitrogen and oxygen atoms in total. The minimum atomic E-state index is -1.36. The van der Waals surface area contributed by atoms with Gasteiger partial charge in [0.25, 0.3) is 11.5 Å². The molecular weight excluding hydrogens is 396 g/mol. The van der Waals surface area contributed by atoms with Crippen LogP contribution in [0.5, 0.6) is 0 Å². The summed E-state index contributed by atoms with van der Waals surface area (Å²) in [6, 6.07) is 10.2. The van der Waals surface area contributed by atoms with Crippen LogP contribution < -0.4 is 10.9 Å². The van der Waals surface area contributed by atoms with E-state index in [1.807, 2.05) is 6.07 Å². The maximum Gasteiger partial charge on any atom is 0.253 e. The van der Waals surface area contributed by atoms with Gasteiger partial charge in [0, 0.05) is 12.3 Å². The summed E-state index contributed by atoms with van der Waals surface area (Å²) in [6.07, 6.45) is 0.219. The van der Waals surface area contributed by atoms with Crippen molar-refractivity contribution in [2.24, 2.45) is 0 Å². The van der Waals surface area contributed by atoms with Crippen molar-refractivity contribution in [2.45, 2.75) is 23.5 Å². The molecule has 0 saturated heterocycles. The molecule has 27 heavy (non-hydrogen) atoms. The fraction of sp³-hybridized carbons (Fsp3) is 0.278. The van der Waals surface area contributed by atoms with Crippen molar-refractivity contribution in [1.29, 1.82) is 5.26 Å². The number of halogens is 3. The number of aromatic nitrogens is 1. The Morgan fingerprint density at radius 2 is 1.93 bits per heavy atom. The van der Waals surface area contributed by atoms with Crippen LogP contribution in [0.1, 0.15) is 11.7 Å². The van der Waals surface area contributed by atoms with Crippen LogP contribution in [0.2, 0.25) is 0 Å². The molecule has 2 N–H and O–H groups in total. The highest BCUT2D eigenvalue weighted by Gasteiger charge is 2.25. The van der Waals surface area contributed by atoms with Crippen LogP contribution in [0.15, 0.2) is 47.4 Å². The maximum atomic E-state index is 13.2. The molecule has 0 fully saturated rings. The maximum absolute atomic E-state index is 13.2.